The first-order chi connectivity index (χ1) is 12.3. The van der Waals surface area contributed by atoms with Crippen LogP contribution in [0.25, 0.3) is 0 Å². The first kappa shape index (κ1) is 17.6. The molecular formula is C20H24N2O3. The number of para-hydroxylation sites is 1. The molecule has 1 amide bonds. The number of nitrogens with zero attached hydrogens (tertiary/aromatic N) is 1. The van der Waals surface area contributed by atoms with E-state index in [4.69, 9.17) is 9.47 Å². The van der Waals surface area contributed by atoms with E-state index in [0.717, 1.165) is 49.7 Å². The van der Waals surface area contributed by atoms with Gasteiger partial charge in [0.2, 0.25) is 0 Å². The molecule has 2 aromatic carbocycles. The number of benzene rings is 2. The van der Waals surface area contributed by atoms with E-state index in [0.29, 0.717) is 0 Å². The Hall–Kier alpha value is -2.21. The second-order valence-electron chi connectivity index (χ2n) is 6.06. The number of carbonyl (C=O) groups is 1. The maximum Gasteiger partial charge on any atom is 0.258 e. The number of amides is 1. The second-order valence-corrected chi connectivity index (χ2v) is 6.06. The smallest absolute Gasteiger partial charge is 0.258 e. The summed E-state index contributed by atoms with van der Waals surface area (Å²) in [7, 11) is 1.55. The van der Waals surface area contributed by atoms with E-state index in [1.54, 1.807) is 7.11 Å². The summed E-state index contributed by atoms with van der Waals surface area (Å²) in [6.07, 6.45) is -0.627. The molecule has 0 spiro atoms. The molecular weight excluding hydrogens is 316 g/mol. The minimum Gasteiger partial charge on any atom is -0.379 e. The molecule has 1 aliphatic heterocycles. The first-order valence-electron chi connectivity index (χ1n) is 8.54. The summed E-state index contributed by atoms with van der Waals surface area (Å²) in [5, 5.41) is 3.03. The predicted octanol–water partition coefficient (Wildman–Crippen LogP) is 2.85. The summed E-state index contributed by atoms with van der Waals surface area (Å²) in [5.41, 5.74) is 2.77. The van der Waals surface area contributed by atoms with Gasteiger partial charge in [-0.05, 0) is 17.2 Å². The number of hydrogen-bond acceptors (Lipinski definition) is 4. The minimum absolute atomic E-state index is 0.164. The van der Waals surface area contributed by atoms with Gasteiger partial charge in [0.15, 0.2) is 6.10 Å². The van der Waals surface area contributed by atoms with Crippen LogP contribution in [0, 0.1) is 0 Å². The van der Waals surface area contributed by atoms with Crippen molar-refractivity contribution >= 4 is 11.6 Å². The van der Waals surface area contributed by atoms with Crippen LogP contribution < -0.4 is 5.32 Å². The highest BCUT2D eigenvalue weighted by Gasteiger charge is 2.21. The zero-order chi connectivity index (χ0) is 17.5. The summed E-state index contributed by atoms with van der Waals surface area (Å²) in [5.74, 6) is -0.164. The minimum atomic E-state index is -0.627. The van der Waals surface area contributed by atoms with Gasteiger partial charge in [-0.1, -0.05) is 48.5 Å². The van der Waals surface area contributed by atoms with Crippen molar-refractivity contribution in [2.75, 3.05) is 38.7 Å². The van der Waals surface area contributed by atoms with E-state index < -0.39 is 6.10 Å². The van der Waals surface area contributed by atoms with Crippen LogP contribution in [-0.4, -0.2) is 44.2 Å². The lowest BCUT2D eigenvalue weighted by atomic mass is 10.1. The quantitative estimate of drug-likeness (QED) is 0.878. The van der Waals surface area contributed by atoms with Crippen molar-refractivity contribution in [3.05, 3.63) is 65.7 Å². The molecule has 132 valence electrons. The molecule has 1 N–H and O–H groups in total. The SMILES string of the molecule is CO[C@@H](C(=O)Nc1ccccc1CN1CCOCC1)c1ccccc1. The van der Waals surface area contributed by atoms with Crippen molar-refractivity contribution < 1.29 is 14.3 Å². The third-order valence-electron chi connectivity index (χ3n) is 4.35. The van der Waals surface area contributed by atoms with E-state index >= 15 is 0 Å². The largest absolute Gasteiger partial charge is 0.379 e. The lowest BCUT2D eigenvalue weighted by Gasteiger charge is -2.27. The van der Waals surface area contributed by atoms with E-state index in [1.165, 1.54) is 0 Å². The fraction of sp³-hybridized carbons (Fsp3) is 0.350. The molecule has 0 radical (unpaired) electrons. The summed E-state index contributed by atoms with van der Waals surface area (Å²) in [4.78, 5) is 15.1. The fourth-order valence-corrected chi connectivity index (χ4v) is 3.00. The Morgan fingerprint density at radius 1 is 1.12 bits per heavy atom. The highest BCUT2D eigenvalue weighted by Crippen LogP contribution is 2.22. The summed E-state index contributed by atoms with van der Waals surface area (Å²) in [6.45, 7) is 4.13. The van der Waals surface area contributed by atoms with Crippen molar-refractivity contribution in [3.8, 4) is 0 Å². The van der Waals surface area contributed by atoms with Crippen molar-refractivity contribution in [3.63, 3.8) is 0 Å². The Morgan fingerprint density at radius 2 is 1.80 bits per heavy atom. The number of anilines is 1. The van der Waals surface area contributed by atoms with Crippen molar-refractivity contribution in [2.24, 2.45) is 0 Å². The standard InChI is InChI=1S/C20H24N2O3/c1-24-19(16-7-3-2-4-8-16)20(23)21-18-10-6-5-9-17(18)15-22-11-13-25-14-12-22/h2-10,19H,11-15H2,1H3,(H,21,23)/t19-/m1/s1. The number of carbonyl (C=O) groups excluding carboxylic acids is 1. The van der Waals surface area contributed by atoms with Crippen molar-refractivity contribution in [2.45, 2.75) is 12.6 Å². The molecule has 0 unspecified atom stereocenters. The fourth-order valence-electron chi connectivity index (χ4n) is 3.00. The van der Waals surface area contributed by atoms with E-state index in [9.17, 15) is 4.79 Å². The molecule has 0 aliphatic carbocycles. The maximum atomic E-state index is 12.7. The van der Waals surface area contributed by atoms with Crippen LogP contribution in [0.5, 0.6) is 0 Å². The molecule has 1 saturated heterocycles. The zero-order valence-electron chi connectivity index (χ0n) is 14.5. The van der Waals surface area contributed by atoms with Gasteiger partial charge in [-0.2, -0.15) is 0 Å². The lowest BCUT2D eigenvalue weighted by Crippen LogP contribution is -2.36. The molecule has 5 heteroatoms. The molecule has 5 nitrogen and oxygen atoms in total. The Kier molecular flexibility index (Phi) is 6.17. The monoisotopic (exact) mass is 340 g/mol. The molecule has 1 aliphatic rings. The van der Waals surface area contributed by atoms with Gasteiger partial charge in [0.1, 0.15) is 0 Å². The molecule has 25 heavy (non-hydrogen) atoms. The Labute approximate surface area is 148 Å². The van der Waals surface area contributed by atoms with E-state index in [1.807, 2.05) is 48.5 Å². The molecule has 3 rings (SSSR count). The van der Waals surface area contributed by atoms with Crippen LogP contribution >= 0.6 is 0 Å². The van der Waals surface area contributed by atoms with Crippen molar-refractivity contribution in [1.29, 1.82) is 0 Å². The number of nitrogens with one attached hydrogen (secondary N) is 1. The number of ether oxygens (including phenoxy) is 2. The summed E-state index contributed by atoms with van der Waals surface area (Å²) >= 11 is 0. The topological polar surface area (TPSA) is 50.8 Å². The number of rotatable bonds is 6. The van der Waals surface area contributed by atoms with Crippen LogP contribution in [0.15, 0.2) is 54.6 Å². The molecule has 0 bridgehead atoms. The van der Waals surface area contributed by atoms with Gasteiger partial charge in [-0.15, -0.1) is 0 Å². The maximum absolute atomic E-state index is 12.7. The van der Waals surface area contributed by atoms with Crippen LogP contribution in [-0.2, 0) is 20.8 Å². The number of hydrogen-bond donors (Lipinski definition) is 1. The van der Waals surface area contributed by atoms with E-state index in [-0.39, 0.29) is 5.91 Å². The van der Waals surface area contributed by atoms with Crippen LogP contribution in [0.2, 0.25) is 0 Å². The molecule has 1 fully saturated rings. The Balaban J connectivity index is 1.72. The van der Waals surface area contributed by atoms with Gasteiger partial charge < -0.3 is 14.8 Å². The average molecular weight is 340 g/mol. The highest BCUT2D eigenvalue weighted by molar-refractivity contribution is 5.95. The van der Waals surface area contributed by atoms with Crippen LogP contribution in [0.3, 0.4) is 0 Å². The average Bonchev–Trinajstić information content (AvgIpc) is 2.66. The third-order valence-corrected chi connectivity index (χ3v) is 4.35. The summed E-state index contributed by atoms with van der Waals surface area (Å²) < 4.78 is 10.8. The second kappa shape index (κ2) is 8.76. The highest BCUT2D eigenvalue weighted by atomic mass is 16.5. The third kappa shape index (κ3) is 4.66. The molecule has 0 saturated carbocycles. The molecule has 1 heterocycles. The van der Waals surface area contributed by atoms with Crippen LogP contribution in [0.1, 0.15) is 17.2 Å². The van der Waals surface area contributed by atoms with Gasteiger partial charge >= 0.3 is 0 Å². The summed E-state index contributed by atoms with van der Waals surface area (Å²) in [6, 6.07) is 17.4. The predicted molar refractivity (Wildman–Crippen MR) is 97.4 cm³/mol. The van der Waals surface area contributed by atoms with Gasteiger partial charge in [-0.3, -0.25) is 9.69 Å². The first-order valence-corrected chi connectivity index (χ1v) is 8.54. The van der Waals surface area contributed by atoms with Crippen LogP contribution in [0.4, 0.5) is 5.69 Å². The van der Waals surface area contributed by atoms with Gasteiger partial charge in [-0.25, -0.2) is 0 Å². The Bertz CT molecular complexity index is 684. The van der Waals surface area contributed by atoms with Gasteiger partial charge in [0.05, 0.1) is 13.2 Å². The normalized spacial score (nSPS) is 16.4. The molecule has 2 aromatic rings. The Morgan fingerprint density at radius 3 is 2.52 bits per heavy atom. The number of morpholine rings is 1. The van der Waals surface area contributed by atoms with Crippen molar-refractivity contribution in [1.82, 2.24) is 4.90 Å². The zero-order valence-corrected chi connectivity index (χ0v) is 14.5. The molecule has 0 aromatic heterocycles. The van der Waals surface area contributed by atoms with Gasteiger partial charge in [0.25, 0.3) is 5.91 Å². The molecule has 1 atom stereocenters. The van der Waals surface area contributed by atoms with Gasteiger partial charge in [0, 0.05) is 32.4 Å². The van der Waals surface area contributed by atoms with E-state index in [2.05, 4.69) is 16.3 Å². The lowest BCUT2D eigenvalue weighted by molar-refractivity contribution is -0.126. The number of methoxy groups -OCH3 is 1.